The predicted octanol–water partition coefficient (Wildman–Crippen LogP) is -0.487. The van der Waals surface area contributed by atoms with Gasteiger partial charge in [-0.1, -0.05) is 6.07 Å². The fourth-order valence-corrected chi connectivity index (χ4v) is 2.72. The minimum Gasteiger partial charge on any atom is -0.493 e. The summed E-state index contributed by atoms with van der Waals surface area (Å²) in [5.41, 5.74) is 1.06. The molecule has 21 heavy (non-hydrogen) atoms. The Bertz CT molecular complexity index is 625. The molecule has 110 valence electrons. The van der Waals surface area contributed by atoms with E-state index in [2.05, 4.69) is 10.3 Å². The maximum absolute atomic E-state index is 11.8. The number of carbonyl (C=O) groups is 1. The van der Waals surface area contributed by atoms with Crippen LogP contribution >= 0.6 is 0 Å². The van der Waals surface area contributed by atoms with E-state index in [9.17, 15) is 4.79 Å². The standard InChI is InChI=1S/C15H17N3O3/c1-20-12-4-3-10(8-13(12)21-2)7-11-15-16-5-6-18(15)9-14(19)17-11/h3-6,8,11H,7,9H2,1-2H3,(H,17,19)/p+1. The van der Waals surface area contributed by atoms with E-state index in [4.69, 9.17) is 9.47 Å². The van der Waals surface area contributed by atoms with Gasteiger partial charge in [0.25, 0.3) is 5.91 Å². The van der Waals surface area contributed by atoms with Crippen LogP contribution in [-0.2, 0) is 11.2 Å². The summed E-state index contributed by atoms with van der Waals surface area (Å²) in [7, 11) is 3.22. The Morgan fingerprint density at radius 3 is 2.90 bits per heavy atom. The van der Waals surface area contributed by atoms with E-state index in [-0.39, 0.29) is 11.9 Å². The van der Waals surface area contributed by atoms with Gasteiger partial charge >= 0.3 is 0 Å². The van der Waals surface area contributed by atoms with Gasteiger partial charge in [-0.2, -0.15) is 0 Å². The quantitative estimate of drug-likeness (QED) is 0.786. The van der Waals surface area contributed by atoms with E-state index < -0.39 is 0 Å². The zero-order valence-electron chi connectivity index (χ0n) is 12.1. The lowest BCUT2D eigenvalue weighted by molar-refractivity contribution is -0.738. The molecule has 2 aliphatic heterocycles. The van der Waals surface area contributed by atoms with E-state index in [0.717, 1.165) is 16.3 Å². The Morgan fingerprint density at radius 2 is 2.14 bits per heavy atom. The first-order chi connectivity index (χ1) is 10.2. The van der Waals surface area contributed by atoms with E-state index in [1.807, 2.05) is 24.4 Å². The van der Waals surface area contributed by atoms with Gasteiger partial charge in [-0.3, -0.25) is 9.69 Å². The van der Waals surface area contributed by atoms with Gasteiger partial charge in [0.2, 0.25) is 5.84 Å². The average Bonchev–Trinajstić information content (AvgIpc) is 2.95. The number of amides is 1. The number of methoxy groups -OCH3 is 2. The molecule has 0 aromatic heterocycles. The van der Waals surface area contributed by atoms with Crippen LogP contribution in [-0.4, -0.2) is 38.5 Å². The number of benzene rings is 1. The van der Waals surface area contributed by atoms with Crippen LogP contribution in [0.15, 0.2) is 35.6 Å². The van der Waals surface area contributed by atoms with Crippen molar-refractivity contribution in [2.45, 2.75) is 12.5 Å². The van der Waals surface area contributed by atoms with Gasteiger partial charge < -0.3 is 14.8 Å². The number of piperazine rings is 1. The SMILES string of the molecule is COc1ccc(CC2NC(=O)C[NH+]3C=CN=C23)cc1OC. The van der Waals surface area contributed by atoms with Crippen molar-refractivity contribution in [3.05, 3.63) is 36.2 Å². The molecule has 0 radical (unpaired) electrons. The van der Waals surface area contributed by atoms with Gasteiger partial charge in [0, 0.05) is 6.42 Å². The van der Waals surface area contributed by atoms with Gasteiger partial charge in [-0.05, 0) is 17.7 Å². The second-order valence-electron chi connectivity index (χ2n) is 5.05. The minimum atomic E-state index is -0.0886. The monoisotopic (exact) mass is 288 g/mol. The summed E-state index contributed by atoms with van der Waals surface area (Å²) in [5.74, 6) is 2.39. The third kappa shape index (κ3) is 2.62. The maximum atomic E-state index is 11.8. The zero-order valence-corrected chi connectivity index (χ0v) is 12.1. The van der Waals surface area contributed by atoms with Crippen LogP contribution in [0.1, 0.15) is 5.56 Å². The van der Waals surface area contributed by atoms with Gasteiger partial charge in [0.05, 0.1) is 20.4 Å². The fraction of sp³-hybridized carbons (Fsp3) is 0.333. The molecule has 2 unspecified atom stereocenters. The molecule has 1 aromatic carbocycles. The number of amidine groups is 1. The first-order valence-electron chi connectivity index (χ1n) is 6.82. The first kappa shape index (κ1) is 13.6. The summed E-state index contributed by atoms with van der Waals surface area (Å²) in [6, 6.07) is 5.69. The predicted molar refractivity (Wildman–Crippen MR) is 77.6 cm³/mol. The van der Waals surface area contributed by atoms with Crippen molar-refractivity contribution in [1.29, 1.82) is 0 Å². The number of nitrogens with one attached hydrogen (secondary N) is 2. The van der Waals surface area contributed by atoms with Crippen LogP contribution in [0.3, 0.4) is 0 Å². The normalized spacial score (nSPS) is 23.3. The fourth-order valence-electron chi connectivity index (χ4n) is 2.72. The van der Waals surface area contributed by atoms with Gasteiger partial charge in [-0.25, -0.2) is 4.99 Å². The van der Waals surface area contributed by atoms with Crippen LogP contribution in [0, 0.1) is 0 Å². The molecule has 3 rings (SSSR count). The highest BCUT2D eigenvalue weighted by Crippen LogP contribution is 2.28. The molecule has 0 saturated carbocycles. The lowest BCUT2D eigenvalue weighted by Crippen LogP contribution is -3.14. The van der Waals surface area contributed by atoms with Crippen LogP contribution in [0.5, 0.6) is 11.5 Å². The number of aliphatic imine (C=N–C) groups is 1. The number of rotatable bonds is 4. The maximum Gasteiger partial charge on any atom is 0.276 e. The second-order valence-corrected chi connectivity index (χ2v) is 5.05. The van der Waals surface area contributed by atoms with Crippen molar-refractivity contribution in [2.75, 3.05) is 20.8 Å². The van der Waals surface area contributed by atoms with Crippen molar-refractivity contribution in [2.24, 2.45) is 4.99 Å². The molecule has 1 fully saturated rings. The highest BCUT2D eigenvalue weighted by Gasteiger charge is 2.36. The van der Waals surface area contributed by atoms with Crippen molar-refractivity contribution < 1.29 is 19.2 Å². The summed E-state index contributed by atoms with van der Waals surface area (Å²) in [4.78, 5) is 17.2. The second kappa shape index (κ2) is 5.57. The molecule has 0 aliphatic carbocycles. The van der Waals surface area contributed by atoms with Crippen LogP contribution in [0.2, 0.25) is 0 Å². The van der Waals surface area contributed by atoms with Crippen molar-refractivity contribution in [3.63, 3.8) is 0 Å². The molecule has 1 aromatic rings. The lowest BCUT2D eigenvalue weighted by atomic mass is 10.0. The van der Waals surface area contributed by atoms with E-state index >= 15 is 0 Å². The molecule has 2 heterocycles. The summed E-state index contributed by atoms with van der Waals surface area (Å²) in [5, 5.41) is 3.00. The molecule has 1 amide bonds. The third-order valence-electron chi connectivity index (χ3n) is 3.72. The molecule has 1 saturated heterocycles. The summed E-state index contributed by atoms with van der Waals surface area (Å²) < 4.78 is 10.5. The molecular weight excluding hydrogens is 270 g/mol. The Kier molecular flexibility index (Phi) is 3.62. The number of nitrogens with zero attached hydrogens (tertiary/aromatic N) is 1. The van der Waals surface area contributed by atoms with Gasteiger partial charge in [0.1, 0.15) is 12.2 Å². The van der Waals surface area contributed by atoms with Crippen LogP contribution in [0.25, 0.3) is 0 Å². The molecule has 0 bridgehead atoms. The van der Waals surface area contributed by atoms with Gasteiger partial charge in [0.15, 0.2) is 18.0 Å². The van der Waals surface area contributed by atoms with E-state index in [0.29, 0.717) is 24.5 Å². The average molecular weight is 288 g/mol. The summed E-state index contributed by atoms with van der Waals surface area (Å²) >= 11 is 0. The summed E-state index contributed by atoms with van der Waals surface area (Å²) in [6.45, 7) is 0.414. The number of hydrogen-bond acceptors (Lipinski definition) is 4. The number of hydrogen-bond donors (Lipinski definition) is 2. The number of quaternary nitrogens is 1. The minimum absolute atomic E-state index is 0.0426. The molecule has 6 heteroatoms. The molecule has 2 N–H and O–H groups in total. The van der Waals surface area contributed by atoms with Gasteiger partial charge in [-0.15, -0.1) is 0 Å². The van der Waals surface area contributed by atoms with E-state index in [1.165, 1.54) is 0 Å². The number of carbonyl (C=O) groups excluding carboxylic acids is 1. The topological polar surface area (TPSA) is 64.4 Å². The Morgan fingerprint density at radius 1 is 1.33 bits per heavy atom. The smallest absolute Gasteiger partial charge is 0.276 e. The molecule has 2 atom stereocenters. The summed E-state index contributed by atoms with van der Waals surface area (Å²) in [6.07, 6.45) is 4.35. The molecule has 2 aliphatic rings. The molecule has 6 nitrogen and oxygen atoms in total. The number of fused-ring (bicyclic) bond motifs is 1. The van der Waals surface area contributed by atoms with Crippen molar-refractivity contribution >= 4 is 11.7 Å². The van der Waals surface area contributed by atoms with Crippen LogP contribution < -0.4 is 19.7 Å². The van der Waals surface area contributed by atoms with Crippen LogP contribution in [0.4, 0.5) is 0 Å². The zero-order chi connectivity index (χ0) is 14.8. The lowest BCUT2D eigenvalue weighted by Gasteiger charge is -2.26. The number of ether oxygens (including phenoxy) is 2. The highest BCUT2D eigenvalue weighted by molar-refractivity contribution is 5.92. The largest absolute Gasteiger partial charge is 0.493 e. The first-order valence-corrected chi connectivity index (χ1v) is 6.82. The van der Waals surface area contributed by atoms with E-state index in [1.54, 1.807) is 20.4 Å². The Labute approximate surface area is 123 Å². The Balaban J connectivity index is 1.81. The highest BCUT2D eigenvalue weighted by atomic mass is 16.5. The third-order valence-corrected chi connectivity index (χ3v) is 3.72. The molecular formula is C15H18N3O3+. The van der Waals surface area contributed by atoms with Crippen molar-refractivity contribution in [3.8, 4) is 11.5 Å². The molecule has 0 spiro atoms. The van der Waals surface area contributed by atoms with Crippen molar-refractivity contribution in [1.82, 2.24) is 5.32 Å². The Hall–Kier alpha value is -2.34.